The second-order valence-corrected chi connectivity index (χ2v) is 6.73. The number of alkyl halides is 3. The summed E-state index contributed by atoms with van der Waals surface area (Å²) >= 11 is 0. The van der Waals surface area contributed by atoms with Crippen molar-refractivity contribution in [1.82, 2.24) is 39.5 Å². The summed E-state index contributed by atoms with van der Waals surface area (Å²) in [6.07, 6.45) is -0.655. The van der Waals surface area contributed by atoms with E-state index in [0.29, 0.717) is 17.0 Å². The van der Waals surface area contributed by atoms with Crippen LogP contribution in [-0.2, 0) is 17.5 Å². The van der Waals surface area contributed by atoms with Crippen molar-refractivity contribution >= 4 is 5.78 Å². The van der Waals surface area contributed by atoms with Crippen molar-refractivity contribution in [2.75, 3.05) is 6.61 Å². The van der Waals surface area contributed by atoms with E-state index in [0.717, 1.165) is 0 Å². The van der Waals surface area contributed by atoms with E-state index < -0.39 is 24.2 Å². The number of ether oxygens (including phenoxy) is 1. The van der Waals surface area contributed by atoms with Crippen molar-refractivity contribution in [2.45, 2.75) is 31.9 Å². The zero-order valence-corrected chi connectivity index (χ0v) is 16.0. The Morgan fingerprint density at radius 1 is 1.23 bits per heavy atom. The number of aliphatic hydroxyl groups is 2. The molecule has 0 fully saturated rings. The zero-order chi connectivity index (χ0) is 22.2. The maximum absolute atomic E-state index is 12.9. The van der Waals surface area contributed by atoms with E-state index in [9.17, 15) is 23.4 Å². The van der Waals surface area contributed by atoms with E-state index in [1.807, 2.05) is 0 Å². The van der Waals surface area contributed by atoms with Crippen LogP contribution < -0.4 is 0 Å². The molecule has 4 aromatic rings. The van der Waals surface area contributed by atoms with Gasteiger partial charge >= 0.3 is 6.18 Å². The molecule has 0 aliphatic rings. The molecule has 4 heterocycles. The largest absolute Gasteiger partial charge is 0.453 e. The number of nitrogens with zero attached hydrogens (tertiary/aromatic N) is 6. The molecule has 2 atom stereocenters. The minimum atomic E-state index is -4.71. The number of imidazole rings is 2. The average molecular weight is 438 g/mol. The van der Waals surface area contributed by atoms with E-state index in [1.165, 1.54) is 25.6 Å². The molecule has 0 spiro atoms. The third kappa shape index (κ3) is 4.26. The lowest BCUT2D eigenvalue weighted by Crippen LogP contribution is -2.27. The van der Waals surface area contributed by atoms with E-state index in [-0.39, 0.29) is 30.5 Å². The summed E-state index contributed by atoms with van der Waals surface area (Å²) in [5, 5.41) is 24.4. The minimum Gasteiger partial charge on any atom is -0.391 e. The van der Waals surface area contributed by atoms with Crippen LogP contribution in [0, 0.1) is 0 Å². The van der Waals surface area contributed by atoms with E-state index >= 15 is 0 Å². The maximum Gasteiger partial charge on any atom is 0.453 e. The van der Waals surface area contributed by atoms with E-state index in [1.54, 1.807) is 10.6 Å². The number of hydrogen-bond donors (Lipinski definition) is 4. The van der Waals surface area contributed by atoms with Crippen LogP contribution in [0.15, 0.2) is 24.9 Å². The number of rotatable bonds is 7. The second-order valence-electron chi connectivity index (χ2n) is 6.73. The monoisotopic (exact) mass is 438 g/mol. The number of aromatic nitrogens is 8. The highest BCUT2D eigenvalue weighted by Crippen LogP contribution is 2.32. The van der Waals surface area contributed by atoms with Gasteiger partial charge in [-0.1, -0.05) is 0 Å². The highest BCUT2D eigenvalue weighted by molar-refractivity contribution is 5.76. The van der Waals surface area contributed by atoms with Crippen molar-refractivity contribution in [2.24, 2.45) is 0 Å². The molecule has 0 amide bonds. The van der Waals surface area contributed by atoms with Gasteiger partial charge < -0.3 is 19.9 Å². The predicted octanol–water partition coefficient (Wildman–Crippen LogP) is 1.18. The van der Waals surface area contributed by atoms with Gasteiger partial charge in [0.25, 0.3) is 5.82 Å². The van der Waals surface area contributed by atoms with Gasteiger partial charge in [-0.05, 0) is 6.92 Å². The third-order valence-electron chi connectivity index (χ3n) is 4.36. The second kappa shape index (κ2) is 8.05. The SMILES string of the molecule is CC(O)C(O)COCc1cnc2nc(-c3nc(C(F)(F)F)n[nH]3)c(-c3cnc[nH]3)n2c1. The lowest BCUT2D eigenvalue weighted by atomic mass is 10.2. The number of fused-ring (bicyclic) bond motifs is 1. The van der Waals surface area contributed by atoms with Crippen molar-refractivity contribution in [1.29, 1.82) is 0 Å². The lowest BCUT2D eigenvalue weighted by molar-refractivity contribution is -0.144. The standard InChI is InChI=1S/C17H17F3N8O3/c1-8(29)11(30)6-31-5-9-2-22-16-24-12(14-25-15(27-26-14)17(18,19)20)13(28(16)4-9)10-3-21-7-23-10/h2-4,7-8,11,29-30H,5-6H2,1H3,(H,21,23)(H,25,26,27). The Morgan fingerprint density at radius 2 is 2.03 bits per heavy atom. The molecule has 0 aliphatic heterocycles. The highest BCUT2D eigenvalue weighted by Gasteiger charge is 2.37. The minimum absolute atomic E-state index is 0.0726. The molecule has 0 bridgehead atoms. The van der Waals surface area contributed by atoms with Crippen molar-refractivity contribution in [3.8, 4) is 22.9 Å². The smallest absolute Gasteiger partial charge is 0.391 e. The molecule has 0 saturated heterocycles. The molecule has 2 unspecified atom stereocenters. The van der Waals surface area contributed by atoms with Crippen LogP contribution in [0.25, 0.3) is 28.7 Å². The van der Waals surface area contributed by atoms with Crippen molar-refractivity contribution in [3.05, 3.63) is 36.3 Å². The van der Waals surface area contributed by atoms with Crippen LogP contribution >= 0.6 is 0 Å². The van der Waals surface area contributed by atoms with Crippen LogP contribution in [-0.4, -0.2) is 68.5 Å². The molecule has 4 aromatic heterocycles. The van der Waals surface area contributed by atoms with Crippen LogP contribution in [0.3, 0.4) is 0 Å². The lowest BCUT2D eigenvalue weighted by Gasteiger charge is -2.13. The highest BCUT2D eigenvalue weighted by atomic mass is 19.4. The summed E-state index contributed by atoms with van der Waals surface area (Å²) in [6.45, 7) is 1.43. The summed E-state index contributed by atoms with van der Waals surface area (Å²) in [5.41, 5.74) is 1.54. The third-order valence-corrected chi connectivity index (χ3v) is 4.36. The Bertz CT molecular complexity index is 1170. The summed E-state index contributed by atoms with van der Waals surface area (Å²) < 4.78 is 45.7. The average Bonchev–Trinajstić information content (AvgIpc) is 3.45. The van der Waals surface area contributed by atoms with Gasteiger partial charge in [-0.25, -0.2) is 19.9 Å². The van der Waals surface area contributed by atoms with Gasteiger partial charge in [0.1, 0.15) is 17.5 Å². The van der Waals surface area contributed by atoms with Gasteiger partial charge in [-0.3, -0.25) is 9.50 Å². The van der Waals surface area contributed by atoms with Gasteiger partial charge in [0.2, 0.25) is 5.78 Å². The first kappa shape index (κ1) is 20.9. The Kier molecular flexibility index (Phi) is 5.43. The maximum atomic E-state index is 12.9. The normalized spacial score (nSPS) is 14.3. The summed E-state index contributed by atoms with van der Waals surface area (Å²) in [4.78, 5) is 18.9. The summed E-state index contributed by atoms with van der Waals surface area (Å²) in [7, 11) is 0. The van der Waals surface area contributed by atoms with Gasteiger partial charge in [0, 0.05) is 18.0 Å². The van der Waals surface area contributed by atoms with Gasteiger partial charge in [-0.2, -0.15) is 13.2 Å². The molecule has 0 saturated carbocycles. The Morgan fingerprint density at radius 3 is 2.68 bits per heavy atom. The van der Waals surface area contributed by atoms with Crippen LogP contribution in [0.1, 0.15) is 18.3 Å². The molecule has 4 N–H and O–H groups in total. The molecule has 11 nitrogen and oxygen atoms in total. The first-order valence-electron chi connectivity index (χ1n) is 9.03. The quantitative estimate of drug-likeness (QED) is 0.336. The molecule has 0 aliphatic carbocycles. The topological polar surface area (TPSA) is 150 Å². The van der Waals surface area contributed by atoms with E-state index in [2.05, 4.69) is 35.1 Å². The number of halogens is 3. The van der Waals surface area contributed by atoms with Crippen LogP contribution in [0.2, 0.25) is 0 Å². The molecule has 14 heteroatoms. The van der Waals surface area contributed by atoms with Gasteiger partial charge in [-0.15, -0.1) is 5.10 Å². The molecular formula is C17H17F3N8O3. The number of H-pyrrole nitrogens is 2. The molecule has 4 rings (SSSR count). The molecule has 31 heavy (non-hydrogen) atoms. The predicted molar refractivity (Wildman–Crippen MR) is 98.3 cm³/mol. The summed E-state index contributed by atoms with van der Waals surface area (Å²) in [6, 6.07) is 0. The fraction of sp³-hybridized carbons (Fsp3) is 0.353. The van der Waals surface area contributed by atoms with Gasteiger partial charge in [0.05, 0.1) is 37.5 Å². The number of aromatic amines is 2. The van der Waals surface area contributed by atoms with Crippen molar-refractivity contribution in [3.63, 3.8) is 0 Å². The number of aliphatic hydroxyl groups excluding tert-OH is 2. The summed E-state index contributed by atoms with van der Waals surface area (Å²) in [5.74, 6) is -1.29. The van der Waals surface area contributed by atoms with E-state index in [4.69, 9.17) is 4.74 Å². The Labute approximate surface area is 172 Å². The first-order chi connectivity index (χ1) is 14.7. The zero-order valence-electron chi connectivity index (χ0n) is 16.0. The number of nitrogens with one attached hydrogen (secondary N) is 2. The van der Waals surface area contributed by atoms with Crippen LogP contribution in [0.4, 0.5) is 13.2 Å². The molecular weight excluding hydrogens is 421 g/mol. The van der Waals surface area contributed by atoms with Crippen molar-refractivity contribution < 1.29 is 28.1 Å². The Balaban J connectivity index is 1.72. The molecule has 0 radical (unpaired) electrons. The Hall–Kier alpha value is -3.36. The van der Waals surface area contributed by atoms with Crippen LogP contribution in [0.5, 0.6) is 0 Å². The molecule has 164 valence electrons. The fourth-order valence-electron chi connectivity index (χ4n) is 2.79. The van der Waals surface area contributed by atoms with Gasteiger partial charge in [0.15, 0.2) is 5.82 Å². The number of hydrogen-bond acceptors (Lipinski definition) is 8. The first-order valence-corrected chi connectivity index (χ1v) is 9.03. The molecule has 0 aromatic carbocycles. The fourth-order valence-corrected chi connectivity index (χ4v) is 2.79.